The molecule has 8 nitrogen and oxygen atoms in total. The van der Waals surface area contributed by atoms with Crippen LogP contribution in [0.4, 0.5) is 0 Å². The molecule has 0 aliphatic carbocycles. The van der Waals surface area contributed by atoms with Crippen molar-refractivity contribution < 1.29 is 28.8 Å². The van der Waals surface area contributed by atoms with Crippen molar-refractivity contribution in [3.8, 4) is 5.75 Å². The molecule has 1 saturated heterocycles. The molecule has 3 aromatic rings. The van der Waals surface area contributed by atoms with Crippen LogP contribution in [0.25, 0.3) is 0 Å². The smallest absolute Gasteiger partial charge is 0.276 e. The van der Waals surface area contributed by atoms with Gasteiger partial charge in [-0.15, -0.1) is 0 Å². The molecule has 2 aliphatic heterocycles. The Balaban J connectivity index is 1.31. The molecule has 176 valence electrons. The fourth-order valence-electron chi connectivity index (χ4n) is 4.18. The number of carbonyl (C=O) groups is 4. The number of benzene rings is 3. The second-order valence-corrected chi connectivity index (χ2v) is 8.30. The minimum absolute atomic E-state index is 0.00920. The molecule has 2 heterocycles. The third-order valence-electron chi connectivity index (χ3n) is 6.00. The molecule has 4 amide bonds. The van der Waals surface area contributed by atoms with Crippen molar-refractivity contribution in [2.24, 2.45) is 0 Å². The highest BCUT2D eigenvalue weighted by Gasteiger charge is 2.47. The Kier molecular flexibility index (Phi) is 6.12. The molecule has 0 N–H and O–H groups in total. The Labute approximate surface area is 201 Å². The summed E-state index contributed by atoms with van der Waals surface area (Å²) in [6, 6.07) is 22.2. The Bertz CT molecular complexity index is 1290. The third kappa shape index (κ3) is 4.43. The fourth-order valence-corrected chi connectivity index (χ4v) is 4.18. The Hall–Kier alpha value is -4.30. The summed E-state index contributed by atoms with van der Waals surface area (Å²) in [5, 5.41) is 0.680. The van der Waals surface area contributed by atoms with Gasteiger partial charge in [0.1, 0.15) is 25.0 Å². The molecule has 0 radical (unpaired) electrons. The zero-order chi connectivity index (χ0) is 24.4. The molecule has 1 atom stereocenters. The van der Waals surface area contributed by atoms with Crippen LogP contribution in [-0.4, -0.2) is 39.6 Å². The fraction of sp³-hybridized carbons (Fsp3) is 0.185. The number of ether oxygens (including phenoxy) is 1. The van der Waals surface area contributed by atoms with E-state index >= 15 is 0 Å². The lowest BCUT2D eigenvalue weighted by Crippen LogP contribution is -2.55. The zero-order valence-corrected chi connectivity index (χ0v) is 18.8. The van der Waals surface area contributed by atoms with Gasteiger partial charge in [0.15, 0.2) is 0 Å². The topological polar surface area (TPSA) is 93.2 Å². The van der Waals surface area contributed by atoms with Crippen LogP contribution < -0.4 is 4.74 Å². The van der Waals surface area contributed by atoms with Gasteiger partial charge in [-0.25, -0.2) is 0 Å². The van der Waals surface area contributed by atoms with Crippen molar-refractivity contribution in [3.63, 3.8) is 0 Å². The molecule has 35 heavy (non-hydrogen) atoms. The van der Waals surface area contributed by atoms with Gasteiger partial charge in [0, 0.05) is 6.42 Å². The number of fused-ring (bicyclic) bond motifs is 1. The minimum atomic E-state index is -1.12. The van der Waals surface area contributed by atoms with Gasteiger partial charge in [0.25, 0.3) is 23.6 Å². The SMILES string of the molecule is O=C1CCC(N2C(=O)c3ccc(OCc4ccccc4)cc3C2=O)C(=O)N1OCc1ccccc1. The molecule has 0 bridgehead atoms. The first-order chi connectivity index (χ1) is 17.0. The Morgan fingerprint density at radius 1 is 0.743 bits per heavy atom. The summed E-state index contributed by atoms with van der Waals surface area (Å²) in [7, 11) is 0. The first-order valence-corrected chi connectivity index (χ1v) is 11.3. The van der Waals surface area contributed by atoms with Crippen LogP contribution in [0.2, 0.25) is 0 Å². The maximum atomic E-state index is 13.2. The highest BCUT2D eigenvalue weighted by Crippen LogP contribution is 2.32. The molecule has 1 fully saturated rings. The maximum Gasteiger partial charge on any atom is 0.276 e. The van der Waals surface area contributed by atoms with E-state index in [2.05, 4.69) is 0 Å². The van der Waals surface area contributed by atoms with E-state index in [9.17, 15) is 19.2 Å². The van der Waals surface area contributed by atoms with Crippen LogP contribution in [0.5, 0.6) is 5.75 Å². The monoisotopic (exact) mass is 470 g/mol. The maximum absolute atomic E-state index is 13.2. The van der Waals surface area contributed by atoms with Crippen LogP contribution in [-0.2, 0) is 27.6 Å². The predicted molar refractivity (Wildman–Crippen MR) is 124 cm³/mol. The number of rotatable bonds is 7. The highest BCUT2D eigenvalue weighted by molar-refractivity contribution is 6.23. The van der Waals surface area contributed by atoms with Gasteiger partial charge in [0.2, 0.25) is 0 Å². The van der Waals surface area contributed by atoms with E-state index in [4.69, 9.17) is 9.57 Å². The number of hydroxylamine groups is 2. The van der Waals surface area contributed by atoms with E-state index in [1.165, 1.54) is 12.1 Å². The minimum Gasteiger partial charge on any atom is -0.489 e. The van der Waals surface area contributed by atoms with Crippen molar-refractivity contribution >= 4 is 23.6 Å². The number of carbonyl (C=O) groups excluding carboxylic acids is 4. The van der Waals surface area contributed by atoms with Gasteiger partial charge in [-0.1, -0.05) is 60.7 Å². The normalized spacial score (nSPS) is 17.7. The first kappa shape index (κ1) is 22.5. The molecule has 3 aromatic carbocycles. The van der Waals surface area contributed by atoms with Gasteiger partial charge in [-0.3, -0.25) is 28.9 Å². The Morgan fingerprint density at radius 3 is 2.06 bits per heavy atom. The summed E-state index contributed by atoms with van der Waals surface area (Å²) in [6.45, 7) is 0.317. The second-order valence-electron chi connectivity index (χ2n) is 8.30. The Morgan fingerprint density at radius 2 is 1.37 bits per heavy atom. The number of hydrogen-bond acceptors (Lipinski definition) is 6. The van der Waals surface area contributed by atoms with E-state index < -0.39 is 29.7 Å². The van der Waals surface area contributed by atoms with E-state index in [-0.39, 0.29) is 30.6 Å². The van der Waals surface area contributed by atoms with Gasteiger partial charge in [0.05, 0.1) is 11.1 Å². The largest absolute Gasteiger partial charge is 0.489 e. The van der Waals surface area contributed by atoms with Crippen LogP contribution in [0.1, 0.15) is 44.7 Å². The van der Waals surface area contributed by atoms with Crippen molar-refractivity contribution in [3.05, 3.63) is 101 Å². The standard InChI is InChI=1S/C27H22N2O6/c30-24-14-13-23(27(33)29(24)35-17-19-9-5-2-6-10-19)28-25(31)21-12-11-20(15-22(21)26(28)32)34-16-18-7-3-1-4-8-18/h1-12,15,23H,13-14,16-17H2. The molecule has 8 heteroatoms. The third-order valence-corrected chi connectivity index (χ3v) is 6.00. The summed E-state index contributed by atoms with van der Waals surface area (Å²) in [5.74, 6) is -1.96. The summed E-state index contributed by atoms with van der Waals surface area (Å²) < 4.78 is 5.79. The average Bonchev–Trinajstić information content (AvgIpc) is 3.13. The molecule has 1 unspecified atom stereocenters. The molecular weight excluding hydrogens is 448 g/mol. The van der Waals surface area contributed by atoms with Crippen molar-refractivity contribution in [1.82, 2.24) is 9.96 Å². The molecule has 0 aromatic heterocycles. The van der Waals surface area contributed by atoms with E-state index in [0.717, 1.165) is 16.0 Å². The second kappa shape index (κ2) is 9.52. The summed E-state index contributed by atoms with van der Waals surface area (Å²) in [6.07, 6.45) is 0.0235. The zero-order valence-electron chi connectivity index (χ0n) is 18.8. The number of nitrogens with zero attached hydrogens (tertiary/aromatic N) is 2. The van der Waals surface area contributed by atoms with Gasteiger partial charge in [-0.05, 0) is 35.7 Å². The number of hydrogen-bond donors (Lipinski definition) is 0. The molecule has 0 spiro atoms. The van der Waals surface area contributed by atoms with Crippen molar-refractivity contribution in [1.29, 1.82) is 0 Å². The van der Waals surface area contributed by atoms with Crippen LogP contribution >= 0.6 is 0 Å². The van der Waals surface area contributed by atoms with Crippen molar-refractivity contribution in [2.75, 3.05) is 0 Å². The van der Waals surface area contributed by atoms with Gasteiger partial charge in [-0.2, -0.15) is 5.06 Å². The first-order valence-electron chi connectivity index (χ1n) is 11.3. The van der Waals surface area contributed by atoms with Crippen LogP contribution in [0.3, 0.4) is 0 Å². The quantitative estimate of drug-likeness (QED) is 0.491. The van der Waals surface area contributed by atoms with Crippen LogP contribution in [0.15, 0.2) is 78.9 Å². The predicted octanol–water partition coefficient (Wildman–Crippen LogP) is 3.51. The van der Waals surface area contributed by atoms with Gasteiger partial charge >= 0.3 is 0 Å². The lowest BCUT2D eigenvalue weighted by atomic mass is 10.0. The van der Waals surface area contributed by atoms with E-state index in [1.807, 2.05) is 48.5 Å². The summed E-state index contributed by atoms with van der Waals surface area (Å²) in [5.41, 5.74) is 2.11. The molecule has 0 saturated carbocycles. The molecule has 5 rings (SSSR count). The highest BCUT2D eigenvalue weighted by atomic mass is 16.7. The van der Waals surface area contributed by atoms with Gasteiger partial charge < -0.3 is 4.74 Å². The lowest BCUT2D eigenvalue weighted by molar-refractivity contribution is -0.206. The van der Waals surface area contributed by atoms with Crippen molar-refractivity contribution in [2.45, 2.75) is 32.1 Å². The van der Waals surface area contributed by atoms with E-state index in [1.54, 1.807) is 18.2 Å². The number of piperidine rings is 1. The summed E-state index contributed by atoms with van der Waals surface area (Å²) >= 11 is 0. The summed E-state index contributed by atoms with van der Waals surface area (Å²) in [4.78, 5) is 58.2. The average molecular weight is 470 g/mol. The number of imide groups is 2. The lowest BCUT2D eigenvalue weighted by Gasteiger charge is -2.33. The van der Waals surface area contributed by atoms with E-state index in [0.29, 0.717) is 17.4 Å². The van der Waals surface area contributed by atoms with Crippen LogP contribution in [0, 0.1) is 0 Å². The molecular formula is C27H22N2O6. The molecule has 2 aliphatic rings. The number of amides is 4.